The van der Waals surface area contributed by atoms with Gasteiger partial charge in [0.25, 0.3) is 0 Å². The van der Waals surface area contributed by atoms with Crippen LogP contribution in [0, 0.1) is 0 Å². The van der Waals surface area contributed by atoms with Crippen LogP contribution < -0.4 is 0 Å². The van der Waals surface area contributed by atoms with Crippen molar-refractivity contribution in [1.82, 2.24) is 0 Å². The van der Waals surface area contributed by atoms with Crippen molar-refractivity contribution in [2.24, 2.45) is 0 Å². The van der Waals surface area contributed by atoms with E-state index in [-0.39, 0.29) is 45.5 Å². The zero-order valence-corrected chi connectivity index (χ0v) is 6.40. The van der Waals surface area contributed by atoms with Crippen molar-refractivity contribution < 1.29 is 5.11 Å². The van der Waals surface area contributed by atoms with Gasteiger partial charge in [0.1, 0.15) is 0 Å². The van der Waals surface area contributed by atoms with Crippen LogP contribution in [0.1, 0.15) is 45.4 Å². The number of aliphatic hydroxyl groups is 1. The van der Waals surface area contributed by atoms with Gasteiger partial charge in [-0.15, -0.1) is 0 Å². The molecule has 1 nitrogen and oxygen atoms in total. The predicted octanol–water partition coefficient (Wildman–Crippen LogP) is 1.42. The Kier molecular flexibility index (Phi) is 18.3. The van der Waals surface area contributed by atoms with Gasteiger partial charge >= 0.3 is 45.5 Å². The van der Waals surface area contributed by atoms with Crippen LogP contribution in [0.3, 0.4) is 0 Å². The second-order valence-corrected chi connectivity index (χ2v) is 2.49. The van der Waals surface area contributed by atoms with E-state index < -0.39 is 0 Å². The topological polar surface area (TPSA) is 20.2 Å². The zero-order valence-electron chi connectivity index (χ0n) is 6.40. The van der Waals surface area contributed by atoms with Crippen molar-refractivity contribution in [3.63, 3.8) is 0 Å². The van der Waals surface area contributed by atoms with Gasteiger partial charge in [-0.25, -0.2) is 0 Å². The molecule has 60 valence electrons. The normalized spacial score (nSPS) is 9.00. The maximum atomic E-state index is 8.42. The Bertz CT molecular complexity index is 42.5. The molecule has 10 heavy (non-hydrogen) atoms. The molecule has 0 aromatic rings. The quantitative estimate of drug-likeness (QED) is 0.530. The van der Waals surface area contributed by atoms with E-state index in [4.69, 9.17) is 5.11 Å². The molecular weight excluding hydrogens is 200 g/mol. The molecule has 0 amide bonds. The second-order valence-electron chi connectivity index (χ2n) is 2.49. The molecule has 0 aromatic heterocycles. The van der Waals surface area contributed by atoms with Gasteiger partial charge in [0, 0.05) is 6.61 Å². The van der Waals surface area contributed by atoms with E-state index in [2.05, 4.69) is 6.92 Å². The summed E-state index contributed by atoms with van der Waals surface area (Å²) >= 11 is 0. The molecular formula is C8H20OSr. The Morgan fingerprint density at radius 3 is 1.90 bits per heavy atom. The van der Waals surface area contributed by atoms with E-state index in [1.54, 1.807) is 0 Å². The van der Waals surface area contributed by atoms with Crippen LogP contribution >= 0.6 is 0 Å². The van der Waals surface area contributed by atoms with E-state index in [0.717, 1.165) is 6.42 Å². The van der Waals surface area contributed by atoms with Crippen molar-refractivity contribution in [1.29, 1.82) is 0 Å². The fourth-order valence-electron chi connectivity index (χ4n) is 0.892. The molecule has 1 N–H and O–H groups in total. The fourth-order valence-corrected chi connectivity index (χ4v) is 0.892. The van der Waals surface area contributed by atoms with Gasteiger partial charge in [0.05, 0.1) is 0 Å². The summed E-state index contributed by atoms with van der Waals surface area (Å²) in [7, 11) is 0. The number of hydrogen-bond donors (Lipinski definition) is 1. The molecule has 0 saturated carbocycles. The van der Waals surface area contributed by atoms with Crippen LogP contribution in [0.2, 0.25) is 0 Å². The first-order valence-electron chi connectivity index (χ1n) is 4.02. The van der Waals surface area contributed by atoms with Crippen molar-refractivity contribution in [2.45, 2.75) is 45.4 Å². The van der Waals surface area contributed by atoms with Gasteiger partial charge in [0.2, 0.25) is 0 Å². The van der Waals surface area contributed by atoms with Crippen molar-refractivity contribution >= 4 is 45.5 Å². The summed E-state index contributed by atoms with van der Waals surface area (Å²) in [6, 6.07) is 0. The number of aliphatic hydroxyl groups excluding tert-OH is 1. The summed E-state index contributed by atoms with van der Waals surface area (Å²) < 4.78 is 0. The molecule has 0 bridgehead atoms. The van der Waals surface area contributed by atoms with Crippen LogP contribution in [0.4, 0.5) is 0 Å². The molecule has 0 aliphatic carbocycles. The van der Waals surface area contributed by atoms with Crippen molar-refractivity contribution in [3.05, 3.63) is 0 Å². The number of rotatable bonds is 6. The monoisotopic (exact) mass is 220 g/mol. The molecule has 0 unspecified atom stereocenters. The minimum absolute atomic E-state index is 0. The van der Waals surface area contributed by atoms with Gasteiger partial charge in [-0.1, -0.05) is 39.0 Å². The van der Waals surface area contributed by atoms with Gasteiger partial charge in [-0.2, -0.15) is 0 Å². The second kappa shape index (κ2) is 13.1. The predicted molar refractivity (Wildman–Crippen MR) is 49.0 cm³/mol. The van der Waals surface area contributed by atoms with Crippen LogP contribution in [0.25, 0.3) is 0 Å². The van der Waals surface area contributed by atoms with Gasteiger partial charge < -0.3 is 5.11 Å². The third-order valence-corrected chi connectivity index (χ3v) is 1.51. The molecule has 0 radical (unpaired) electrons. The molecule has 0 aliphatic heterocycles. The first-order valence-corrected chi connectivity index (χ1v) is 4.02. The van der Waals surface area contributed by atoms with E-state index in [9.17, 15) is 0 Å². The molecule has 0 fully saturated rings. The third-order valence-electron chi connectivity index (χ3n) is 1.51. The summed E-state index contributed by atoms with van der Waals surface area (Å²) in [5, 5.41) is 8.42. The average molecular weight is 220 g/mol. The van der Waals surface area contributed by atoms with E-state index in [1.165, 1.54) is 32.1 Å². The average Bonchev–Trinajstić information content (AvgIpc) is 1.89. The van der Waals surface area contributed by atoms with Crippen molar-refractivity contribution in [2.75, 3.05) is 6.61 Å². The van der Waals surface area contributed by atoms with Gasteiger partial charge in [-0.3, -0.25) is 0 Å². The summed E-state index contributed by atoms with van der Waals surface area (Å²) in [5.74, 6) is 0. The van der Waals surface area contributed by atoms with Crippen molar-refractivity contribution in [3.8, 4) is 0 Å². The van der Waals surface area contributed by atoms with E-state index in [0.29, 0.717) is 6.61 Å². The van der Waals surface area contributed by atoms with E-state index in [1.807, 2.05) is 0 Å². The molecule has 0 aromatic carbocycles. The molecule has 0 heterocycles. The van der Waals surface area contributed by atoms with Gasteiger partial charge in [0.15, 0.2) is 0 Å². The van der Waals surface area contributed by atoms with Crippen LogP contribution in [0.15, 0.2) is 0 Å². The summed E-state index contributed by atoms with van der Waals surface area (Å²) in [6.45, 7) is 2.58. The van der Waals surface area contributed by atoms with E-state index >= 15 is 0 Å². The summed E-state index contributed by atoms with van der Waals surface area (Å²) in [5.41, 5.74) is 0. The summed E-state index contributed by atoms with van der Waals surface area (Å²) in [4.78, 5) is 0. The SMILES string of the molecule is CCCCCCCCO.[SrH2]. The van der Waals surface area contributed by atoms with Crippen LogP contribution in [-0.2, 0) is 0 Å². The minimum atomic E-state index is 0. The first kappa shape index (κ1) is 14.0. The number of unbranched alkanes of at least 4 members (excludes halogenated alkanes) is 5. The molecule has 0 aliphatic rings. The van der Waals surface area contributed by atoms with Crippen LogP contribution in [-0.4, -0.2) is 57.2 Å². The molecule has 0 spiro atoms. The van der Waals surface area contributed by atoms with Crippen LogP contribution in [0.5, 0.6) is 0 Å². The molecule has 0 saturated heterocycles. The number of hydrogen-bond acceptors (Lipinski definition) is 1. The molecule has 0 atom stereocenters. The Morgan fingerprint density at radius 2 is 1.40 bits per heavy atom. The Labute approximate surface area is 101 Å². The standard InChI is InChI=1S/C8H18O.Sr.2H/c1-2-3-4-5-6-7-8-9;;;/h9H,2-8H2,1H3;;;. The van der Waals surface area contributed by atoms with Gasteiger partial charge in [-0.05, 0) is 6.42 Å². The molecule has 0 rings (SSSR count). The Morgan fingerprint density at radius 1 is 0.900 bits per heavy atom. The Hall–Kier alpha value is 1.44. The maximum absolute atomic E-state index is 8.42. The fraction of sp³-hybridized carbons (Fsp3) is 1.00. The third kappa shape index (κ3) is 12.1. The first-order chi connectivity index (χ1) is 4.41. The zero-order chi connectivity index (χ0) is 6.95. The molecule has 2 heteroatoms. The summed E-state index contributed by atoms with van der Waals surface area (Å²) in [6.07, 6.45) is 7.50. The Balaban J connectivity index is 0.